The lowest BCUT2D eigenvalue weighted by Crippen LogP contribution is -2.41. The van der Waals surface area contributed by atoms with Crippen molar-refractivity contribution in [3.63, 3.8) is 0 Å². The van der Waals surface area contributed by atoms with Gasteiger partial charge in [-0.05, 0) is 46.6 Å². The first-order valence-corrected chi connectivity index (χ1v) is 10.2. The molecule has 0 saturated heterocycles. The first kappa shape index (κ1) is 25.9. The van der Waals surface area contributed by atoms with E-state index in [2.05, 4.69) is 40.9 Å². The van der Waals surface area contributed by atoms with E-state index < -0.39 is 30.5 Å². The van der Waals surface area contributed by atoms with Gasteiger partial charge in [0, 0.05) is 5.38 Å². The first-order chi connectivity index (χ1) is 14.9. The van der Waals surface area contributed by atoms with Crippen molar-refractivity contribution in [2.45, 2.75) is 32.2 Å². The highest BCUT2D eigenvalue weighted by Gasteiger charge is 2.50. The number of halogens is 7. The second-order valence-electron chi connectivity index (χ2n) is 5.73. The number of anilines is 1. The molecule has 1 N–H and O–H groups in total. The van der Waals surface area contributed by atoms with Crippen LogP contribution in [0.15, 0.2) is 33.2 Å². The van der Waals surface area contributed by atoms with Crippen molar-refractivity contribution in [2.24, 2.45) is 5.10 Å². The Morgan fingerprint density at radius 3 is 2.69 bits per heavy atom. The lowest BCUT2D eigenvalue weighted by Gasteiger charge is -2.22. The molecule has 0 fully saturated rings. The van der Waals surface area contributed by atoms with Crippen LogP contribution in [-0.4, -0.2) is 42.6 Å². The van der Waals surface area contributed by atoms with Gasteiger partial charge in [-0.25, -0.2) is 14.1 Å². The molecule has 32 heavy (non-hydrogen) atoms. The Balaban J connectivity index is 1.96. The third-order valence-electron chi connectivity index (χ3n) is 3.26. The molecular formula is C17H14BrF6N3O4S. The van der Waals surface area contributed by atoms with E-state index in [9.17, 15) is 31.1 Å². The number of nitrogens with zero attached hydrogens (tertiary/aromatic N) is 2. The predicted octanol–water partition coefficient (Wildman–Crippen LogP) is 5.26. The third kappa shape index (κ3) is 8.27. The van der Waals surface area contributed by atoms with Gasteiger partial charge >= 0.3 is 24.8 Å². The number of hydrazone groups is 1. The third-order valence-corrected chi connectivity index (χ3v) is 4.68. The molecule has 0 bridgehead atoms. The number of benzene rings is 1. The molecule has 7 nitrogen and oxygen atoms in total. The molecule has 1 heterocycles. The van der Waals surface area contributed by atoms with Crippen LogP contribution in [0, 0.1) is 0 Å². The average Bonchev–Trinajstić information content (AvgIpc) is 3.09. The van der Waals surface area contributed by atoms with Crippen LogP contribution in [0.25, 0.3) is 0 Å². The zero-order valence-corrected chi connectivity index (χ0v) is 18.4. The van der Waals surface area contributed by atoms with Crippen molar-refractivity contribution in [3.05, 3.63) is 39.3 Å². The molecule has 1 atom stereocenters. The van der Waals surface area contributed by atoms with Crippen LogP contribution >= 0.6 is 27.3 Å². The second kappa shape index (κ2) is 11.0. The molecule has 1 unspecified atom stereocenters. The molecule has 1 aromatic heterocycles. The number of rotatable bonds is 10. The summed E-state index contributed by atoms with van der Waals surface area (Å²) in [6.45, 7) is 1.94. The van der Waals surface area contributed by atoms with Gasteiger partial charge in [0.15, 0.2) is 0 Å². The fourth-order valence-electron chi connectivity index (χ4n) is 2.02. The molecular weight excluding hydrogens is 536 g/mol. The van der Waals surface area contributed by atoms with E-state index in [1.54, 1.807) is 12.3 Å². The first-order valence-electron chi connectivity index (χ1n) is 8.53. The Labute approximate surface area is 189 Å². The summed E-state index contributed by atoms with van der Waals surface area (Å²) in [6.07, 6.45) is -13.3. The zero-order chi connectivity index (χ0) is 23.9. The maximum Gasteiger partial charge on any atom is 0.525 e. The molecule has 0 aliphatic rings. The highest BCUT2D eigenvalue weighted by Crippen LogP contribution is 2.35. The topological polar surface area (TPSA) is 82.0 Å². The van der Waals surface area contributed by atoms with Crippen LogP contribution < -0.4 is 10.2 Å². The van der Waals surface area contributed by atoms with Crippen molar-refractivity contribution in [3.8, 4) is 5.75 Å². The standard InChI is InChI=1S/C17H14BrF6N3O4S/c1-2-29-13(28)6-10-8-32-15(26-10)27-25-7-9-3-4-12(11(18)5-9)30-16(20,21)14(19)31-17(22,23)24/h3-5,7-8,14H,2,6H2,1H3,(H,26,27). The minimum absolute atomic E-state index is 0.00250. The van der Waals surface area contributed by atoms with E-state index in [-0.39, 0.29) is 17.5 Å². The molecule has 15 heteroatoms. The van der Waals surface area contributed by atoms with Gasteiger partial charge in [-0.3, -0.25) is 10.2 Å². The predicted molar refractivity (Wildman–Crippen MR) is 105 cm³/mol. The normalized spacial score (nSPS) is 13.2. The summed E-state index contributed by atoms with van der Waals surface area (Å²) in [6, 6.07) is 3.47. The molecule has 0 spiro atoms. The number of alkyl halides is 6. The quantitative estimate of drug-likeness (QED) is 0.188. The number of hydrogen-bond acceptors (Lipinski definition) is 8. The Bertz CT molecular complexity index is 957. The van der Waals surface area contributed by atoms with E-state index in [0.29, 0.717) is 16.4 Å². The van der Waals surface area contributed by atoms with Crippen molar-refractivity contribution < 1.29 is 45.3 Å². The SMILES string of the molecule is CCOC(=O)Cc1csc(NN=Cc2ccc(OC(F)(F)C(F)OC(F)(F)F)c(Br)c2)n1. The molecule has 0 saturated carbocycles. The van der Waals surface area contributed by atoms with E-state index in [0.717, 1.165) is 6.07 Å². The van der Waals surface area contributed by atoms with Crippen LogP contribution in [-0.2, 0) is 20.7 Å². The number of carbonyl (C=O) groups is 1. The molecule has 2 aromatic rings. The van der Waals surface area contributed by atoms with Crippen LogP contribution in [0.1, 0.15) is 18.2 Å². The number of aromatic nitrogens is 1. The minimum atomic E-state index is -5.60. The molecule has 0 aliphatic heterocycles. The second-order valence-corrected chi connectivity index (χ2v) is 7.44. The monoisotopic (exact) mass is 549 g/mol. The average molecular weight is 550 g/mol. The summed E-state index contributed by atoms with van der Waals surface area (Å²) >= 11 is 4.09. The van der Waals surface area contributed by atoms with Crippen molar-refractivity contribution in [1.82, 2.24) is 4.98 Å². The van der Waals surface area contributed by atoms with Gasteiger partial charge in [0.05, 0.1) is 29.4 Å². The van der Waals surface area contributed by atoms with Crippen LogP contribution in [0.5, 0.6) is 5.75 Å². The fraction of sp³-hybridized carbons (Fsp3) is 0.353. The lowest BCUT2D eigenvalue weighted by molar-refractivity contribution is -0.411. The summed E-state index contributed by atoms with van der Waals surface area (Å²) in [5.41, 5.74) is 3.46. The van der Waals surface area contributed by atoms with Crippen LogP contribution in [0.4, 0.5) is 31.5 Å². The largest absolute Gasteiger partial charge is 0.525 e. The van der Waals surface area contributed by atoms with Gasteiger partial charge < -0.3 is 9.47 Å². The van der Waals surface area contributed by atoms with Gasteiger partial charge in [-0.2, -0.15) is 13.9 Å². The van der Waals surface area contributed by atoms with Gasteiger partial charge in [-0.1, -0.05) is 0 Å². The Hall–Kier alpha value is -2.39. The molecule has 0 aliphatic carbocycles. The van der Waals surface area contributed by atoms with E-state index in [1.807, 2.05) is 0 Å². The van der Waals surface area contributed by atoms with Gasteiger partial charge in [0.25, 0.3) is 0 Å². The maximum absolute atomic E-state index is 13.5. The Morgan fingerprint density at radius 2 is 2.06 bits per heavy atom. The fourth-order valence-corrected chi connectivity index (χ4v) is 3.16. The summed E-state index contributed by atoms with van der Waals surface area (Å²) < 4.78 is 87.3. The number of hydrogen-bond donors (Lipinski definition) is 1. The van der Waals surface area contributed by atoms with Gasteiger partial charge in [0.1, 0.15) is 5.75 Å². The van der Waals surface area contributed by atoms with Crippen molar-refractivity contribution in [2.75, 3.05) is 12.0 Å². The summed E-state index contributed by atoms with van der Waals surface area (Å²) in [5.74, 6) is -1.05. The van der Waals surface area contributed by atoms with Crippen LogP contribution in [0.3, 0.4) is 0 Å². The van der Waals surface area contributed by atoms with Crippen molar-refractivity contribution >= 4 is 44.6 Å². The molecule has 0 radical (unpaired) electrons. The number of carbonyl (C=O) groups excluding carboxylic acids is 1. The van der Waals surface area contributed by atoms with Gasteiger partial charge in [-0.15, -0.1) is 24.5 Å². The minimum Gasteiger partial charge on any atom is -0.466 e. The smallest absolute Gasteiger partial charge is 0.466 e. The maximum atomic E-state index is 13.5. The van der Waals surface area contributed by atoms with E-state index >= 15 is 0 Å². The molecule has 1 aromatic carbocycles. The number of ether oxygens (including phenoxy) is 3. The summed E-state index contributed by atoms with van der Waals surface area (Å²) in [5, 5.41) is 5.91. The number of esters is 1. The molecule has 176 valence electrons. The van der Waals surface area contributed by atoms with Gasteiger partial charge in [0.2, 0.25) is 5.13 Å². The Morgan fingerprint density at radius 1 is 1.34 bits per heavy atom. The molecule has 0 amide bonds. The lowest BCUT2D eigenvalue weighted by atomic mass is 10.2. The Kier molecular flexibility index (Phi) is 8.86. The summed E-state index contributed by atoms with van der Waals surface area (Å²) in [4.78, 5) is 15.5. The number of nitrogens with one attached hydrogen (secondary N) is 1. The highest BCUT2D eigenvalue weighted by atomic mass is 79.9. The number of thiazole rings is 1. The highest BCUT2D eigenvalue weighted by molar-refractivity contribution is 9.10. The van der Waals surface area contributed by atoms with E-state index in [1.165, 1.54) is 29.7 Å². The van der Waals surface area contributed by atoms with E-state index in [4.69, 9.17) is 4.74 Å². The molecule has 2 rings (SSSR count). The van der Waals surface area contributed by atoms with Crippen LogP contribution in [0.2, 0.25) is 0 Å². The van der Waals surface area contributed by atoms with Crippen molar-refractivity contribution in [1.29, 1.82) is 0 Å². The zero-order valence-electron chi connectivity index (χ0n) is 16.0. The summed E-state index contributed by atoms with van der Waals surface area (Å²) in [7, 11) is 0.